The van der Waals surface area contributed by atoms with Crippen molar-refractivity contribution in [3.05, 3.63) is 59.7 Å². The number of rotatable bonds is 3. The summed E-state index contributed by atoms with van der Waals surface area (Å²) in [5, 5.41) is 2.54. The topological polar surface area (TPSA) is 85.5 Å². The molecule has 140 valence electrons. The standard InChI is InChI=1S/C20H21N3O4/c1-13-10-11-26-20(27-13,14-6-4-3-5-7-14)15-8-9-16-17(12-15)22-18(21-16)23-19(24)25-2/h3-9,12-13H,10-11H2,1-2H3,(H2,21,22,23,24). The number of methoxy groups -OCH3 is 1. The van der Waals surface area contributed by atoms with Crippen molar-refractivity contribution in [2.75, 3.05) is 19.0 Å². The van der Waals surface area contributed by atoms with Gasteiger partial charge in [-0.1, -0.05) is 36.4 Å². The van der Waals surface area contributed by atoms with Crippen LogP contribution < -0.4 is 5.32 Å². The highest BCUT2D eigenvalue weighted by Crippen LogP contribution is 2.40. The fourth-order valence-corrected chi connectivity index (χ4v) is 3.29. The number of carbonyl (C=O) groups excluding carboxylic acids is 1. The summed E-state index contributed by atoms with van der Waals surface area (Å²) in [5.41, 5.74) is 3.28. The van der Waals surface area contributed by atoms with Gasteiger partial charge in [-0.2, -0.15) is 0 Å². The molecular weight excluding hydrogens is 346 g/mol. The fraction of sp³-hybridized carbons (Fsp3) is 0.300. The minimum Gasteiger partial charge on any atom is -0.453 e. The Morgan fingerprint density at radius 2 is 2.07 bits per heavy atom. The van der Waals surface area contributed by atoms with E-state index in [1.54, 1.807) is 0 Å². The average Bonchev–Trinajstić information content (AvgIpc) is 3.09. The van der Waals surface area contributed by atoms with E-state index >= 15 is 0 Å². The molecule has 1 aliphatic rings. The number of hydrogen-bond donors (Lipinski definition) is 2. The van der Waals surface area contributed by atoms with Crippen LogP contribution in [0.25, 0.3) is 11.0 Å². The van der Waals surface area contributed by atoms with Gasteiger partial charge in [0.2, 0.25) is 11.7 Å². The summed E-state index contributed by atoms with van der Waals surface area (Å²) >= 11 is 0. The molecule has 7 heteroatoms. The van der Waals surface area contributed by atoms with Gasteiger partial charge in [0.15, 0.2) is 0 Å². The lowest BCUT2D eigenvalue weighted by atomic mass is 9.95. The first kappa shape index (κ1) is 17.5. The molecule has 3 aromatic rings. The maximum Gasteiger partial charge on any atom is 0.413 e. The van der Waals surface area contributed by atoms with Crippen LogP contribution in [0.15, 0.2) is 48.5 Å². The lowest BCUT2D eigenvalue weighted by molar-refractivity contribution is -0.274. The van der Waals surface area contributed by atoms with Crippen LogP contribution >= 0.6 is 0 Å². The number of anilines is 1. The maximum absolute atomic E-state index is 11.4. The molecule has 1 amide bonds. The fourth-order valence-electron chi connectivity index (χ4n) is 3.29. The molecule has 1 saturated heterocycles. The van der Waals surface area contributed by atoms with E-state index in [1.807, 2.05) is 55.5 Å². The first-order valence-corrected chi connectivity index (χ1v) is 8.83. The van der Waals surface area contributed by atoms with Gasteiger partial charge in [0.05, 0.1) is 30.9 Å². The summed E-state index contributed by atoms with van der Waals surface area (Å²) in [5.74, 6) is -0.657. The van der Waals surface area contributed by atoms with Crippen molar-refractivity contribution in [2.45, 2.75) is 25.2 Å². The van der Waals surface area contributed by atoms with Gasteiger partial charge in [-0.3, -0.25) is 5.32 Å². The Morgan fingerprint density at radius 1 is 1.26 bits per heavy atom. The van der Waals surface area contributed by atoms with Crippen LogP contribution in [0, 0.1) is 0 Å². The largest absolute Gasteiger partial charge is 0.453 e. The third-order valence-electron chi connectivity index (χ3n) is 4.62. The molecule has 2 unspecified atom stereocenters. The number of H-pyrrole nitrogens is 1. The highest BCUT2D eigenvalue weighted by Gasteiger charge is 2.41. The zero-order valence-corrected chi connectivity index (χ0v) is 15.2. The molecule has 0 aliphatic carbocycles. The van der Waals surface area contributed by atoms with Crippen LogP contribution in [0.3, 0.4) is 0 Å². The first-order valence-electron chi connectivity index (χ1n) is 8.83. The van der Waals surface area contributed by atoms with E-state index in [4.69, 9.17) is 9.47 Å². The molecule has 2 heterocycles. The molecule has 0 saturated carbocycles. The third-order valence-corrected chi connectivity index (χ3v) is 4.62. The van der Waals surface area contributed by atoms with Gasteiger partial charge < -0.3 is 19.2 Å². The molecule has 0 bridgehead atoms. The van der Waals surface area contributed by atoms with Crippen LogP contribution in [0.1, 0.15) is 24.5 Å². The van der Waals surface area contributed by atoms with E-state index < -0.39 is 11.9 Å². The predicted molar refractivity (Wildman–Crippen MR) is 100 cm³/mol. The molecule has 0 spiro atoms. The molecule has 7 nitrogen and oxygen atoms in total. The summed E-state index contributed by atoms with van der Waals surface area (Å²) in [6.07, 6.45) is 0.324. The minimum atomic E-state index is -0.978. The van der Waals surface area contributed by atoms with Gasteiger partial charge >= 0.3 is 6.09 Å². The number of carbonyl (C=O) groups is 1. The van der Waals surface area contributed by atoms with Crippen molar-refractivity contribution in [3.8, 4) is 0 Å². The molecule has 1 aliphatic heterocycles. The van der Waals surface area contributed by atoms with Crippen LogP contribution in [-0.4, -0.2) is 35.9 Å². The summed E-state index contributed by atoms with van der Waals surface area (Å²) in [4.78, 5) is 18.8. The van der Waals surface area contributed by atoms with Crippen LogP contribution in [0.4, 0.5) is 10.7 Å². The van der Waals surface area contributed by atoms with E-state index in [1.165, 1.54) is 7.11 Å². The number of imidazole rings is 1. The minimum absolute atomic E-state index is 0.0629. The molecule has 2 atom stereocenters. The van der Waals surface area contributed by atoms with Gasteiger partial charge in [-0.05, 0) is 25.5 Å². The second-order valence-corrected chi connectivity index (χ2v) is 6.48. The molecule has 27 heavy (non-hydrogen) atoms. The van der Waals surface area contributed by atoms with Crippen LogP contribution in [0.5, 0.6) is 0 Å². The number of fused-ring (bicyclic) bond motifs is 1. The highest BCUT2D eigenvalue weighted by atomic mass is 16.7. The van der Waals surface area contributed by atoms with Crippen molar-refractivity contribution in [2.24, 2.45) is 0 Å². The number of benzene rings is 2. The van der Waals surface area contributed by atoms with E-state index in [0.29, 0.717) is 12.6 Å². The smallest absolute Gasteiger partial charge is 0.413 e. The second kappa shape index (κ2) is 7.02. The Labute approximate surface area is 156 Å². The first-order chi connectivity index (χ1) is 13.1. The Morgan fingerprint density at radius 3 is 2.81 bits per heavy atom. The van der Waals surface area contributed by atoms with Crippen molar-refractivity contribution >= 4 is 23.1 Å². The molecule has 2 N–H and O–H groups in total. The van der Waals surface area contributed by atoms with Crippen molar-refractivity contribution in [1.29, 1.82) is 0 Å². The summed E-state index contributed by atoms with van der Waals surface area (Å²) in [6, 6.07) is 15.7. The number of amides is 1. The van der Waals surface area contributed by atoms with Gasteiger partial charge in [0.25, 0.3) is 0 Å². The Kier molecular flexibility index (Phi) is 4.55. The Bertz CT molecular complexity index is 956. The number of aromatic amines is 1. The third kappa shape index (κ3) is 3.27. The van der Waals surface area contributed by atoms with E-state index in [0.717, 1.165) is 28.6 Å². The van der Waals surface area contributed by atoms with Crippen LogP contribution in [0.2, 0.25) is 0 Å². The molecule has 1 fully saturated rings. The van der Waals surface area contributed by atoms with Crippen molar-refractivity contribution in [1.82, 2.24) is 9.97 Å². The van der Waals surface area contributed by atoms with Crippen molar-refractivity contribution in [3.63, 3.8) is 0 Å². The van der Waals surface area contributed by atoms with Gasteiger partial charge in [-0.25, -0.2) is 9.78 Å². The number of ether oxygens (including phenoxy) is 3. The monoisotopic (exact) mass is 367 g/mol. The number of hydrogen-bond acceptors (Lipinski definition) is 5. The maximum atomic E-state index is 11.4. The van der Waals surface area contributed by atoms with Gasteiger partial charge in [-0.15, -0.1) is 0 Å². The molecule has 4 rings (SSSR count). The summed E-state index contributed by atoms with van der Waals surface area (Å²) in [6.45, 7) is 2.65. The van der Waals surface area contributed by atoms with Gasteiger partial charge in [0, 0.05) is 11.1 Å². The average molecular weight is 367 g/mol. The summed E-state index contributed by atoms with van der Waals surface area (Å²) < 4.78 is 17.1. The van der Waals surface area contributed by atoms with E-state index in [9.17, 15) is 4.79 Å². The van der Waals surface area contributed by atoms with Crippen LogP contribution in [-0.2, 0) is 20.0 Å². The molecule has 2 aromatic carbocycles. The lowest BCUT2D eigenvalue weighted by Gasteiger charge is -2.40. The Hall–Kier alpha value is -2.90. The number of aromatic nitrogens is 2. The number of nitrogens with zero attached hydrogens (tertiary/aromatic N) is 1. The van der Waals surface area contributed by atoms with E-state index in [-0.39, 0.29) is 6.10 Å². The Balaban J connectivity index is 1.78. The molecule has 1 aromatic heterocycles. The number of nitrogens with one attached hydrogen (secondary N) is 2. The van der Waals surface area contributed by atoms with Gasteiger partial charge in [0.1, 0.15) is 0 Å². The highest BCUT2D eigenvalue weighted by molar-refractivity contribution is 5.86. The van der Waals surface area contributed by atoms with Crippen molar-refractivity contribution < 1.29 is 19.0 Å². The second-order valence-electron chi connectivity index (χ2n) is 6.48. The lowest BCUT2D eigenvalue weighted by Crippen LogP contribution is -2.42. The van der Waals surface area contributed by atoms with E-state index in [2.05, 4.69) is 20.0 Å². The molecular formula is C20H21N3O4. The molecule has 0 radical (unpaired) electrons. The zero-order valence-electron chi connectivity index (χ0n) is 15.2. The summed E-state index contributed by atoms with van der Waals surface area (Å²) in [7, 11) is 1.30. The SMILES string of the molecule is COC(=O)Nc1nc2ccc(C3(c4ccccc4)OCCC(C)O3)cc2[nH]1. The quantitative estimate of drug-likeness (QED) is 0.736. The normalized spacial score (nSPS) is 22.5. The predicted octanol–water partition coefficient (Wildman–Crippen LogP) is 3.77. The zero-order chi connectivity index (χ0) is 18.9.